The van der Waals surface area contributed by atoms with Crippen molar-refractivity contribution < 1.29 is 0 Å². The van der Waals surface area contributed by atoms with Gasteiger partial charge < -0.3 is 9.13 Å². The fraction of sp³-hybridized carbons (Fsp3) is 0.240. The Hall–Kier alpha value is -2.64. The lowest BCUT2D eigenvalue weighted by atomic mass is 10.3. The smallest absolute Gasteiger partial charge is 0.210 e. The Morgan fingerprint density at radius 3 is 1.34 bits per heavy atom. The number of benzene rings is 3. The molecule has 0 N–H and O–H groups in total. The van der Waals surface area contributed by atoms with Crippen molar-refractivity contribution in [2.75, 3.05) is 0 Å². The number of imidazole rings is 1. The summed E-state index contributed by atoms with van der Waals surface area (Å²) in [5.41, 5.74) is 3.53. The largest absolute Gasteiger partial charge is 0.307 e. The van der Waals surface area contributed by atoms with Crippen LogP contribution in [0.5, 0.6) is 0 Å². The Bertz CT molecular complexity index is 1070. The van der Waals surface area contributed by atoms with Crippen LogP contribution in [0.2, 0.25) is 0 Å². The molecule has 1 aromatic heterocycles. The molecule has 0 fully saturated rings. The van der Waals surface area contributed by atoms with Gasteiger partial charge in [-0.3, -0.25) is 0 Å². The van der Waals surface area contributed by atoms with E-state index in [0.29, 0.717) is 12.1 Å². The van der Waals surface area contributed by atoms with E-state index < -0.39 is 8.07 Å². The number of para-hydroxylation sites is 2. The SMILES string of the molecule is CC(C)n1c(=NP(c2ccccc2)c2ccccc2)n(C(C)C)c2ccccc21. The number of nitrogens with zero attached hydrogens (tertiary/aromatic N) is 3. The van der Waals surface area contributed by atoms with Crippen molar-refractivity contribution in [3.8, 4) is 0 Å². The van der Waals surface area contributed by atoms with Gasteiger partial charge >= 0.3 is 0 Å². The monoisotopic (exact) mass is 401 g/mol. The van der Waals surface area contributed by atoms with Gasteiger partial charge in [-0.1, -0.05) is 72.8 Å². The summed E-state index contributed by atoms with van der Waals surface area (Å²) in [6, 6.07) is 30.7. The van der Waals surface area contributed by atoms with E-state index in [2.05, 4.69) is 122 Å². The van der Waals surface area contributed by atoms with Crippen molar-refractivity contribution in [1.82, 2.24) is 9.13 Å². The lowest BCUT2D eigenvalue weighted by molar-refractivity contribution is 0.524. The van der Waals surface area contributed by atoms with Crippen LogP contribution < -0.4 is 16.2 Å². The number of fused-ring (bicyclic) bond motifs is 1. The van der Waals surface area contributed by atoms with Crippen molar-refractivity contribution >= 4 is 29.7 Å². The van der Waals surface area contributed by atoms with Gasteiger partial charge in [-0.15, -0.1) is 0 Å². The molecule has 4 aromatic rings. The summed E-state index contributed by atoms with van der Waals surface area (Å²) in [5.74, 6) is 0. The predicted octanol–water partition coefficient (Wildman–Crippen LogP) is 5.55. The van der Waals surface area contributed by atoms with Crippen LogP contribution >= 0.6 is 8.07 Å². The van der Waals surface area contributed by atoms with Crippen LogP contribution in [0.25, 0.3) is 11.0 Å². The van der Waals surface area contributed by atoms with Gasteiger partial charge in [0.05, 0.1) is 19.1 Å². The lowest BCUT2D eigenvalue weighted by Crippen LogP contribution is -2.29. The minimum atomic E-state index is -0.863. The molecule has 3 aromatic carbocycles. The first-order chi connectivity index (χ1) is 14.1. The lowest BCUT2D eigenvalue weighted by Gasteiger charge is -2.17. The summed E-state index contributed by atoms with van der Waals surface area (Å²) < 4.78 is 10.2. The third kappa shape index (κ3) is 3.80. The van der Waals surface area contributed by atoms with Crippen LogP contribution in [0.1, 0.15) is 39.8 Å². The maximum atomic E-state index is 5.47. The second-order valence-electron chi connectivity index (χ2n) is 7.80. The highest BCUT2D eigenvalue weighted by molar-refractivity contribution is 7.71. The van der Waals surface area contributed by atoms with Crippen LogP contribution in [0.15, 0.2) is 89.7 Å². The topological polar surface area (TPSA) is 22.2 Å². The first-order valence-corrected chi connectivity index (χ1v) is 11.5. The molecule has 0 aliphatic heterocycles. The molecule has 0 saturated carbocycles. The summed E-state index contributed by atoms with van der Waals surface area (Å²) >= 11 is 0. The first kappa shape index (κ1) is 19.7. The van der Waals surface area contributed by atoms with Gasteiger partial charge in [0.1, 0.15) is 0 Å². The molecule has 0 unspecified atom stereocenters. The van der Waals surface area contributed by atoms with Crippen molar-refractivity contribution in [3.63, 3.8) is 0 Å². The minimum absolute atomic E-state index is 0.321. The van der Waals surface area contributed by atoms with Gasteiger partial charge in [0.25, 0.3) is 0 Å². The quantitative estimate of drug-likeness (QED) is 0.391. The highest BCUT2D eigenvalue weighted by atomic mass is 31.1. The fourth-order valence-corrected chi connectivity index (χ4v) is 5.62. The summed E-state index contributed by atoms with van der Waals surface area (Å²) in [6.45, 7) is 8.96. The Morgan fingerprint density at radius 2 is 0.966 bits per heavy atom. The first-order valence-electron chi connectivity index (χ1n) is 10.2. The number of aromatic nitrogens is 2. The van der Waals surface area contributed by atoms with Crippen molar-refractivity contribution in [2.45, 2.75) is 39.8 Å². The molecular formula is C25H28N3P. The van der Waals surface area contributed by atoms with Gasteiger partial charge in [0.2, 0.25) is 5.62 Å². The molecular weight excluding hydrogens is 373 g/mol. The molecule has 29 heavy (non-hydrogen) atoms. The predicted molar refractivity (Wildman–Crippen MR) is 125 cm³/mol. The number of hydrogen-bond donors (Lipinski definition) is 0. The van der Waals surface area contributed by atoms with Crippen LogP contribution in [0.3, 0.4) is 0 Å². The number of rotatable bonds is 5. The van der Waals surface area contributed by atoms with E-state index in [1.54, 1.807) is 0 Å². The maximum absolute atomic E-state index is 5.47. The van der Waals surface area contributed by atoms with E-state index in [-0.39, 0.29) is 0 Å². The molecule has 0 bridgehead atoms. The third-order valence-corrected chi connectivity index (χ3v) is 7.01. The molecule has 3 nitrogen and oxygen atoms in total. The molecule has 4 heteroatoms. The Labute approximate surface area is 174 Å². The number of hydrogen-bond acceptors (Lipinski definition) is 1. The second-order valence-corrected chi connectivity index (χ2v) is 9.66. The van der Waals surface area contributed by atoms with Crippen molar-refractivity contribution in [3.05, 3.63) is 90.5 Å². The van der Waals surface area contributed by atoms with Gasteiger partial charge in [0, 0.05) is 22.7 Å². The normalized spacial score (nSPS) is 11.7. The van der Waals surface area contributed by atoms with Crippen molar-refractivity contribution in [1.29, 1.82) is 0 Å². The molecule has 1 heterocycles. The Balaban J connectivity index is 2.07. The minimum Gasteiger partial charge on any atom is -0.307 e. The molecule has 0 aliphatic carbocycles. The van der Waals surface area contributed by atoms with Crippen LogP contribution in [-0.4, -0.2) is 9.13 Å². The molecule has 0 spiro atoms. The maximum Gasteiger partial charge on any atom is 0.210 e. The van der Waals surface area contributed by atoms with E-state index in [4.69, 9.17) is 4.76 Å². The van der Waals surface area contributed by atoms with Gasteiger partial charge in [-0.2, -0.15) is 0 Å². The highest BCUT2D eigenvalue weighted by Crippen LogP contribution is 2.35. The van der Waals surface area contributed by atoms with E-state index >= 15 is 0 Å². The summed E-state index contributed by atoms with van der Waals surface area (Å²) in [6.07, 6.45) is 0. The van der Waals surface area contributed by atoms with E-state index in [1.165, 1.54) is 21.6 Å². The molecule has 148 valence electrons. The zero-order valence-electron chi connectivity index (χ0n) is 17.5. The Kier molecular flexibility index (Phi) is 5.69. The molecule has 0 saturated heterocycles. The Morgan fingerprint density at radius 1 is 0.586 bits per heavy atom. The zero-order chi connectivity index (χ0) is 20.4. The molecule has 0 amide bonds. The highest BCUT2D eigenvalue weighted by Gasteiger charge is 2.19. The second kappa shape index (κ2) is 8.39. The van der Waals surface area contributed by atoms with Gasteiger partial charge in [0.15, 0.2) is 0 Å². The van der Waals surface area contributed by atoms with E-state index in [1.807, 2.05) is 0 Å². The molecule has 4 rings (SSSR count). The molecule has 0 atom stereocenters. The fourth-order valence-electron chi connectivity index (χ4n) is 3.81. The average molecular weight is 401 g/mol. The summed E-state index contributed by atoms with van der Waals surface area (Å²) in [7, 11) is -0.863. The third-order valence-electron chi connectivity index (χ3n) is 5.06. The summed E-state index contributed by atoms with van der Waals surface area (Å²) in [5, 5.41) is 2.54. The van der Waals surface area contributed by atoms with Crippen LogP contribution in [-0.2, 0) is 0 Å². The van der Waals surface area contributed by atoms with Crippen LogP contribution in [0, 0.1) is 0 Å². The standard InChI is InChI=1S/C25H28N3P/c1-19(2)27-23-17-11-12-18-24(23)28(20(3)4)25(27)26-29(21-13-7-5-8-14-21)22-15-9-6-10-16-22/h5-20H,1-4H3. The average Bonchev–Trinajstić information content (AvgIpc) is 3.07. The molecule has 0 aliphatic rings. The molecule has 0 radical (unpaired) electrons. The van der Waals surface area contributed by atoms with Gasteiger partial charge in [-0.05, 0) is 39.8 Å². The van der Waals surface area contributed by atoms with Gasteiger partial charge in [-0.25, -0.2) is 4.76 Å². The zero-order valence-corrected chi connectivity index (χ0v) is 18.4. The van der Waals surface area contributed by atoms with E-state index in [0.717, 1.165) is 5.62 Å². The van der Waals surface area contributed by atoms with E-state index in [9.17, 15) is 0 Å². The summed E-state index contributed by atoms with van der Waals surface area (Å²) in [4.78, 5) is 0. The van der Waals surface area contributed by atoms with Crippen molar-refractivity contribution in [2.24, 2.45) is 4.76 Å². The van der Waals surface area contributed by atoms with Crippen LogP contribution in [0.4, 0.5) is 0 Å².